The van der Waals surface area contributed by atoms with Crippen LogP contribution < -0.4 is 14.0 Å². The number of aryl methyl sites for hydroxylation is 1. The summed E-state index contributed by atoms with van der Waals surface area (Å²) in [7, 11) is 0. The number of likely N-dealkylation sites (tertiary alicyclic amines) is 1. The number of aliphatic hydroxyl groups is 1. The zero-order chi connectivity index (χ0) is 27.6. The lowest BCUT2D eigenvalue weighted by molar-refractivity contribution is -0.695. The van der Waals surface area contributed by atoms with Gasteiger partial charge in [-0.15, -0.1) is 0 Å². The molecule has 2 N–H and O–H groups in total. The summed E-state index contributed by atoms with van der Waals surface area (Å²) < 4.78 is 13.8. The Morgan fingerprint density at radius 1 is 1.07 bits per heavy atom. The second-order valence-corrected chi connectivity index (χ2v) is 10.1. The number of aromatic nitrogens is 2. The quantitative estimate of drug-likeness (QED) is 0.144. The van der Waals surface area contributed by atoms with Gasteiger partial charge >= 0.3 is 0 Å². The number of rotatable bonds is 8. The van der Waals surface area contributed by atoms with E-state index in [1.807, 2.05) is 90.9 Å². The first-order chi connectivity index (χ1) is 19.5. The Morgan fingerprint density at radius 2 is 1.90 bits per heavy atom. The van der Waals surface area contributed by atoms with Gasteiger partial charge in [0, 0.05) is 24.9 Å². The third-order valence-electron chi connectivity index (χ3n) is 7.28. The van der Waals surface area contributed by atoms with E-state index in [-0.39, 0.29) is 17.4 Å². The van der Waals surface area contributed by atoms with Gasteiger partial charge in [-0.3, -0.25) is 14.6 Å². The van der Waals surface area contributed by atoms with Crippen LogP contribution in [-0.2, 0) is 22.6 Å². The van der Waals surface area contributed by atoms with Crippen molar-refractivity contribution in [2.24, 2.45) is 0 Å². The minimum Gasteiger partial charge on any atom is -0.507 e. The number of hydrogen-bond acceptors (Lipinski definition) is 5. The fourth-order valence-corrected chi connectivity index (χ4v) is 5.44. The molecular formula is C32H30N3O5+. The molecule has 1 fully saturated rings. The number of ether oxygens (including phenoxy) is 2. The fourth-order valence-electron chi connectivity index (χ4n) is 5.44. The number of para-hydroxylation sites is 1. The van der Waals surface area contributed by atoms with Crippen LogP contribution in [0.5, 0.6) is 17.2 Å². The number of fused-ring (bicyclic) bond motifs is 1. The summed E-state index contributed by atoms with van der Waals surface area (Å²) >= 11 is 0. The van der Waals surface area contributed by atoms with E-state index in [2.05, 4.69) is 4.98 Å². The number of H-pyrrole nitrogens is 1. The number of ketones is 1. The Bertz CT molecular complexity index is 1580. The second-order valence-electron chi connectivity index (χ2n) is 10.1. The molecule has 8 heteroatoms. The molecule has 2 atom stereocenters. The van der Waals surface area contributed by atoms with Gasteiger partial charge in [-0.1, -0.05) is 30.3 Å². The van der Waals surface area contributed by atoms with Crippen LogP contribution in [0, 0.1) is 0 Å². The van der Waals surface area contributed by atoms with Crippen LogP contribution in [0.25, 0.3) is 5.76 Å². The lowest BCUT2D eigenvalue weighted by Gasteiger charge is -2.25. The molecule has 0 aliphatic carbocycles. The van der Waals surface area contributed by atoms with Crippen molar-refractivity contribution in [2.75, 3.05) is 6.54 Å². The summed E-state index contributed by atoms with van der Waals surface area (Å²) in [6.07, 6.45) is 6.96. The summed E-state index contributed by atoms with van der Waals surface area (Å²) in [4.78, 5) is 31.5. The molecular weight excluding hydrogens is 506 g/mol. The normalized spacial score (nSPS) is 19.5. The van der Waals surface area contributed by atoms with Crippen molar-refractivity contribution in [3.05, 3.63) is 114 Å². The first-order valence-corrected chi connectivity index (χ1v) is 13.4. The Labute approximate surface area is 232 Å². The number of carbonyl (C=O) groups is 2. The predicted octanol–water partition coefficient (Wildman–Crippen LogP) is 4.93. The topological polar surface area (TPSA) is 95.7 Å². The van der Waals surface area contributed by atoms with Crippen molar-refractivity contribution in [1.29, 1.82) is 0 Å². The standard InChI is InChI=1S/C32H29N3O5/c1-21-17-24-18-23(11-12-27(24)39-21)30(36)28-29(22-7-5-10-26(19-22)40-25-8-3-2-4-9-25)35(32(38)31(28)37)15-6-14-34-16-13-33-20-34/h2-5,7-13,16,18-21,29H,6,14-15,17H2,1H3,(H,36,37)/p+1. The van der Waals surface area contributed by atoms with Gasteiger partial charge in [-0.05, 0) is 60.5 Å². The van der Waals surface area contributed by atoms with Crippen molar-refractivity contribution in [2.45, 2.75) is 38.5 Å². The molecule has 202 valence electrons. The summed E-state index contributed by atoms with van der Waals surface area (Å²) in [5.41, 5.74) is 2.20. The number of amides is 1. The molecule has 2 unspecified atom stereocenters. The van der Waals surface area contributed by atoms with Gasteiger partial charge in [0.1, 0.15) is 41.5 Å². The predicted molar refractivity (Wildman–Crippen MR) is 148 cm³/mol. The molecule has 8 nitrogen and oxygen atoms in total. The van der Waals surface area contributed by atoms with E-state index >= 15 is 0 Å². The molecule has 1 saturated heterocycles. The van der Waals surface area contributed by atoms with Crippen LogP contribution in [0.3, 0.4) is 0 Å². The van der Waals surface area contributed by atoms with Gasteiger partial charge < -0.3 is 19.5 Å². The van der Waals surface area contributed by atoms with Crippen LogP contribution in [0.2, 0.25) is 0 Å². The maximum Gasteiger partial charge on any atom is 0.295 e. The van der Waals surface area contributed by atoms with E-state index in [1.54, 1.807) is 17.0 Å². The average molecular weight is 537 g/mol. The minimum atomic E-state index is -0.765. The van der Waals surface area contributed by atoms with Crippen molar-refractivity contribution in [3.8, 4) is 17.2 Å². The maximum absolute atomic E-state index is 13.5. The van der Waals surface area contributed by atoms with Crippen LogP contribution in [0.4, 0.5) is 0 Å². The number of Topliss-reactive ketones (excluding diaryl/α,β-unsaturated/α-hetero) is 1. The summed E-state index contributed by atoms with van der Waals surface area (Å²) in [6, 6.07) is 21.4. The highest BCUT2D eigenvalue weighted by molar-refractivity contribution is 6.46. The average Bonchev–Trinajstić information content (AvgIpc) is 3.67. The van der Waals surface area contributed by atoms with E-state index < -0.39 is 17.7 Å². The summed E-state index contributed by atoms with van der Waals surface area (Å²) in [5.74, 6) is 0.499. The van der Waals surface area contributed by atoms with Gasteiger partial charge in [-0.25, -0.2) is 4.57 Å². The molecule has 1 amide bonds. The molecule has 2 aliphatic heterocycles. The van der Waals surface area contributed by atoms with Gasteiger partial charge in [0.25, 0.3) is 11.7 Å². The molecule has 0 radical (unpaired) electrons. The van der Waals surface area contributed by atoms with E-state index in [9.17, 15) is 14.7 Å². The number of nitrogens with zero attached hydrogens (tertiary/aromatic N) is 2. The van der Waals surface area contributed by atoms with E-state index in [0.717, 1.165) is 11.3 Å². The maximum atomic E-state index is 13.5. The highest BCUT2D eigenvalue weighted by Crippen LogP contribution is 2.41. The molecule has 3 aromatic carbocycles. The van der Waals surface area contributed by atoms with Crippen LogP contribution in [0.15, 0.2) is 97.1 Å². The number of carbonyl (C=O) groups excluding carboxylic acids is 2. The Kier molecular flexibility index (Phi) is 6.82. The van der Waals surface area contributed by atoms with Crippen molar-refractivity contribution in [3.63, 3.8) is 0 Å². The van der Waals surface area contributed by atoms with Gasteiger partial charge in [0.2, 0.25) is 6.33 Å². The highest BCUT2D eigenvalue weighted by Gasteiger charge is 2.46. The molecule has 2 aliphatic rings. The molecule has 0 saturated carbocycles. The summed E-state index contributed by atoms with van der Waals surface area (Å²) in [5, 5.41) is 11.5. The number of nitrogens with one attached hydrogen (secondary N) is 1. The van der Waals surface area contributed by atoms with Crippen molar-refractivity contribution >= 4 is 17.4 Å². The monoisotopic (exact) mass is 536 g/mol. The van der Waals surface area contributed by atoms with E-state index in [1.165, 1.54) is 0 Å². The highest BCUT2D eigenvalue weighted by atomic mass is 16.5. The lowest BCUT2D eigenvalue weighted by atomic mass is 9.94. The molecule has 0 spiro atoms. The van der Waals surface area contributed by atoms with Gasteiger partial charge in [0.05, 0.1) is 18.2 Å². The molecule has 3 heterocycles. The van der Waals surface area contributed by atoms with Gasteiger partial charge in [-0.2, -0.15) is 0 Å². The minimum absolute atomic E-state index is 0.0447. The fraction of sp³-hybridized carbons (Fsp3) is 0.219. The number of benzene rings is 3. The van der Waals surface area contributed by atoms with Crippen LogP contribution in [0.1, 0.15) is 36.1 Å². The molecule has 0 bridgehead atoms. The van der Waals surface area contributed by atoms with Crippen molar-refractivity contribution < 1.29 is 28.7 Å². The summed E-state index contributed by atoms with van der Waals surface area (Å²) in [6.45, 7) is 2.99. The largest absolute Gasteiger partial charge is 0.507 e. The first kappa shape index (κ1) is 25.4. The lowest BCUT2D eigenvalue weighted by Crippen LogP contribution is -2.36. The van der Waals surface area contributed by atoms with E-state index in [4.69, 9.17) is 9.47 Å². The first-order valence-electron chi connectivity index (χ1n) is 13.4. The van der Waals surface area contributed by atoms with Crippen LogP contribution >= 0.6 is 0 Å². The van der Waals surface area contributed by atoms with Gasteiger partial charge in [0.15, 0.2) is 0 Å². The number of imidazole rings is 1. The number of hydrogen-bond donors (Lipinski definition) is 2. The molecule has 40 heavy (non-hydrogen) atoms. The zero-order valence-corrected chi connectivity index (χ0v) is 22.1. The van der Waals surface area contributed by atoms with Crippen molar-refractivity contribution in [1.82, 2.24) is 9.88 Å². The zero-order valence-electron chi connectivity index (χ0n) is 22.1. The number of aliphatic hydroxyl groups excluding tert-OH is 1. The Balaban J connectivity index is 1.38. The third-order valence-corrected chi connectivity index (χ3v) is 7.28. The Hall–Kier alpha value is -4.85. The number of aromatic amines is 1. The van der Waals surface area contributed by atoms with E-state index in [0.29, 0.717) is 48.6 Å². The SMILES string of the molecule is CC1Cc2cc(/C(O)=C3\C(=O)C(=O)N(CCC[n+]4cc[nH]c4)C3c3cccc(Oc4ccccc4)c3)ccc2O1. The molecule has 1 aromatic heterocycles. The third kappa shape index (κ3) is 4.96. The second kappa shape index (κ2) is 10.7. The Morgan fingerprint density at radius 3 is 2.70 bits per heavy atom. The molecule has 6 rings (SSSR count). The molecule has 4 aromatic rings. The smallest absolute Gasteiger partial charge is 0.295 e. The van der Waals surface area contributed by atoms with Crippen LogP contribution in [-0.4, -0.2) is 39.3 Å².